The third-order valence-electron chi connectivity index (χ3n) is 2.48. The number of carbonyl (C=O) groups excluding carboxylic acids is 3. The molecule has 5 nitrogen and oxygen atoms in total. The molecule has 1 aromatic carbocycles. The summed E-state index contributed by atoms with van der Waals surface area (Å²) >= 11 is 0. The zero-order valence-corrected chi connectivity index (χ0v) is 12.5. The number of ketones is 1. The van der Waals surface area contributed by atoms with Gasteiger partial charge in [0.1, 0.15) is 0 Å². The van der Waals surface area contributed by atoms with Gasteiger partial charge in [0.2, 0.25) is 0 Å². The molecule has 0 N–H and O–H groups in total. The molecule has 21 heavy (non-hydrogen) atoms. The number of benzene rings is 1. The van der Waals surface area contributed by atoms with Gasteiger partial charge in [-0.2, -0.15) is 0 Å². The number of allylic oxidation sites excluding steroid dienone is 1. The third kappa shape index (κ3) is 5.60. The van der Waals surface area contributed by atoms with Crippen molar-refractivity contribution >= 4 is 23.8 Å². The Hall–Kier alpha value is -2.43. The fourth-order valence-electron chi connectivity index (χ4n) is 1.47. The standard InChI is InChI=1S/C16H18O5/c1-10(2)14(19)7-5-13-6-8-15(20-11(3)17)16(9-13)21-12(4)18/h5-10H,1-4H3/b7-5+. The Kier molecular flexibility index (Phi) is 5.84. The Bertz CT molecular complexity index is 584. The zero-order chi connectivity index (χ0) is 16.0. The van der Waals surface area contributed by atoms with Gasteiger partial charge in [0.25, 0.3) is 0 Å². The van der Waals surface area contributed by atoms with Crippen molar-refractivity contribution in [1.29, 1.82) is 0 Å². The maximum atomic E-state index is 11.5. The summed E-state index contributed by atoms with van der Waals surface area (Å²) in [4.78, 5) is 33.6. The summed E-state index contributed by atoms with van der Waals surface area (Å²) < 4.78 is 9.96. The lowest BCUT2D eigenvalue weighted by Gasteiger charge is -2.09. The van der Waals surface area contributed by atoms with Crippen molar-refractivity contribution in [1.82, 2.24) is 0 Å². The highest BCUT2D eigenvalue weighted by Crippen LogP contribution is 2.29. The van der Waals surface area contributed by atoms with Crippen molar-refractivity contribution in [2.24, 2.45) is 5.92 Å². The van der Waals surface area contributed by atoms with Crippen LogP contribution in [-0.4, -0.2) is 17.7 Å². The first-order valence-corrected chi connectivity index (χ1v) is 6.52. The fraction of sp³-hybridized carbons (Fsp3) is 0.312. The normalized spacial score (nSPS) is 10.7. The molecule has 0 unspecified atom stereocenters. The maximum Gasteiger partial charge on any atom is 0.308 e. The van der Waals surface area contributed by atoms with E-state index in [0.717, 1.165) is 0 Å². The molecule has 0 aliphatic carbocycles. The van der Waals surface area contributed by atoms with E-state index in [9.17, 15) is 14.4 Å². The molecule has 112 valence electrons. The molecule has 1 aromatic rings. The van der Waals surface area contributed by atoms with Crippen LogP contribution in [-0.2, 0) is 14.4 Å². The van der Waals surface area contributed by atoms with E-state index in [2.05, 4.69) is 0 Å². The van der Waals surface area contributed by atoms with Crippen LogP contribution >= 0.6 is 0 Å². The van der Waals surface area contributed by atoms with Crippen LogP contribution in [0.3, 0.4) is 0 Å². The van der Waals surface area contributed by atoms with E-state index in [1.54, 1.807) is 26.0 Å². The topological polar surface area (TPSA) is 69.7 Å². The lowest BCUT2D eigenvalue weighted by Crippen LogP contribution is -2.07. The predicted octanol–water partition coefficient (Wildman–Crippen LogP) is 2.78. The van der Waals surface area contributed by atoms with Gasteiger partial charge in [-0.25, -0.2) is 0 Å². The van der Waals surface area contributed by atoms with E-state index in [1.807, 2.05) is 0 Å². The predicted molar refractivity (Wildman–Crippen MR) is 77.9 cm³/mol. The molecule has 5 heteroatoms. The second-order valence-electron chi connectivity index (χ2n) is 4.78. The number of esters is 2. The van der Waals surface area contributed by atoms with Crippen molar-refractivity contribution in [3.63, 3.8) is 0 Å². The maximum absolute atomic E-state index is 11.5. The Labute approximate surface area is 123 Å². The van der Waals surface area contributed by atoms with Crippen LogP contribution in [0.2, 0.25) is 0 Å². The Morgan fingerprint density at radius 1 is 1.00 bits per heavy atom. The summed E-state index contributed by atoms with van der Waals surface area (Å²) in [7, 11) is 0. The van der Waals surface area contributed by atoms with Crippen molar-refractivity contribution < 1.29 is 23.9 Å². The van der Waals surface area contributed by atoms with E-state index in [-0.39, 0.29) is 23.2 Å². The Morgan fingerprint density at radius 3 is 2.10 bits per heavy atom. The third-order valence-corrected chi connectivity index (χ3v) is 2.48. The van der Waals surface area contributed by atoms with Gasteiger partial charge in [-0.15, -0.1) is 0 Å². The van der Waals surface area contributed by atoms with Gasteiger partial charge in [-0.3, -0.25) is 14.4 Å². The molecular formula is C16H18O5. The van der Waals surface area contributed by atoms with E-state index < -0.39 is 11.9 Å². The number of rotatable bonds is 5. The zero-order valence-electron chi connectivity index (χ0n) is 12.5. The van der Waals surface area contributed by atoms with E-state index in [4.69, 9.17) is 9.47 Å². The van der Waals surface area contributed by atoms with E-state index in [1.165, 1.54) is 32.1 Å². The van der Waals surface area contributed by atoms with Crippen LogP contribution in [0.1, 0.15) is 33.3 Å². The first-order chi connectivity index (χ1) is 9.79. The summed E-state index contributed by atoms with van der Waals surface area (Å²) in [5, 5.41) is 0. The van der Waals surface area contributed by atoms with Crippen molar-refractivity contribution in [2.45, 2.75) is 27.7 Å². The molecule has 0 atom stereocenters. The van der Waals surface area contributed by atoms with Crippen LogP contribution in [0.5, 0.6) is 11.5 Å². The lowest BCUT2D eigenvalue weighted by molar-refractivity contribution is -0.134. The molecule has 0 saturated carbocycles. The SMILES string of the molecule is CC(=O)Oc1ccc(/C=C/C(=O)C(C)C)cc1OC(C)=O. The first kappa shape index (κ1) is 16.6. The largest absolute Gasteiger partial charge is 0.423 e. The van der Waals surface area contributed by atoms with Gasteiger partial charge >= 0.3 is 11.9 Å². The highest BCUT2D eigenvalue weighted by Gasteiger charge is 2.10. The minimum absolute atomic E-state index is 0.00639. The molecule has 0 heterocycles. The van der Waals surface area contributed by atoms with Crippen LogP contribution < -0.4 is 9.47 Å². The molecule has 0 aromatic heterocycles. The number of ether oxygens (including phenoxy) is 2. The number of carbonyl (C=O) groups is 3. The van der Waals surface area contributed by atoms with Gasteiger partial charge in [-0.1, -0.05) is 26.0 Å². The molecule has 0 spiro atoms. The summed E-state index contributed by atoms with van der Waals surface area (Å²) in [6.07, 6.45) is 3.08. The van der Waals surface area contributed by atoms with Crippen molar-refractivity contribution in [3.05, 3.63) is 29.8 Å². The molecule has 1 rings (SSSR count). The molecule has 0 aliphatic rings. The summed E-state index contributed by atoms with van der Waals surface area (Å²) in [6.45, 7) is 6.12. The average molecular weight is 290 g/mol. The van der Waals surface area contributed by atoms with Crippen LogP contribution in [0.25, 0.3) is 6.08 Å². The molecule has 0 aliphatic heterocycles. The molecule has 0 bridgehead atoms. The van der Waals surface area contributed by atoms with Gasteiger partial charge < -0.3 is 9.47 Å². The van der Waals surface area contributed by atoms with E-state index >= 15 is 0 Å². The first-order valence-electron chi connectivity index (χ1n) is 6.52. The monoisotopic (exact) mass is 290 g/mol. The van der Waals surface area contributed by atoms with Gasteiger partial charge in [0.15, 0.2) is 17.3 Å². The van der Waals surface area contributed by atoms with Gasteiger partial charge in [0.05, 0.1) is 0 Å². The quantitative estimate of drug-likeness (QED) is 0.474. The molecule has 0 amide bonds. The fourth-order valence-corrected chi connectivity index (χ4v) is 1.47. The van der Waals surface area contributed by atoms with Crippen molar-refractivity contribution in [2.75, 3.05) is 0 Å². The van der Waals surface area contributed by atoms with Crippen LogP contribution in [0, 0.1) is 5.92 Å². The van der Waals surface area contributed by atoms with Crippen LogP contribution in [0.15, 0.2) is 24.3 Å². The highest BCUT2D eigenvalue weighted by atomic mass is 16.6. The summed E-state index contributed by atoms with van der Waals surface area (Å²) in [5.74, 6) is -0.839. The molecule has 0 fully saturated rings. The van der Waals surface area contributed by atoms with Gasteiger partial charge in [0, 0.05) is 19.8 Å². The summed E-state index contributed by atoms with van der Waals surface area (Å²) in [6, 6.07) is 4.71. The smallest absolute Gasteiger partial charge is 0.308 e. The molecule has 0 saturated heterocycles. The minimum atomic E-state index is -0.525. The Balaban J connectivity index is 3.06. The van der Waals surface area contributed by atoms with E-state index in [0.29, 0.717) is 5.56 Å². The van der Waals surface area contributed by atoms with Gasteiger partial charge in [-0.05, 0) is 23.8 Å². The Morgan fingerprint density at radius 2 is 1.57 bits per heavy atom. The average Bonchev–Trinajstić information content (AvgIpc) is 2.37. The molecule has 0 radical (unpaired) electrons. The second kappa shape index (κ2) is 7.38. The van der Waals surface area contributed by atoms with Crippen molar-refractivity contribution in [3.8, 4) is 11.5 Å². The highest BCUT2D eigenvalue weighted by molar-refractivity contribution is 5.95. The van der Waals surface area contributed by atoms with Crippen LogP contribution in [0.4, 0.5) is 0 Å². The minimum Gasteiger partial charge on any atom is -0.423 e. The summed E-state index contributed by atoms with van der Waals surface area (Å²) in [5.41, 5.74) is 0.663. The lowest BCUT2D eigenvalue weighted by atomic mass is 10.1. The number of hydrogen-bond donors (Lipinski definition) is 0. The second-order valence-corrected chi connectivity index (χ2v) is 4.78. The number of hydrogen-bond acceptors (Lipinski definition) is 5. The molecular weight excluding hydrogens is 272 g/mol.